The molecule has 1 saturated carbocycles. The first-order valence-corrected chi connectivity index (χ1v) is 10.4. The first kappa shape index (κ1) is 20.7. The zero-order chi connectivity index (χ0) is 20.3. The Hall–Kier alpha value is -2.04. The highest BCUT2D eigenvalue weighted by Crippen LogP contribution is 2.27. The van der Waals surface area contributed by atoms with Crippen LogP contribution in [-0.2, 0) is 13.1 Å². The lowest BCUT2D eigenvalue weighted by Crippen LogP contribution is -2.49. The smallest absolute Gasteiger partial charge is 0.122 e. The van der Waals surface area contributed by atoms with Crippen molar-refractivity contribution in [2.45, 2.75) is 78.6 Å². The number of hydrogen-bond acceptors (Lipinski definition) is 4. The van der Waals surface area contributed by atoms with Crippen molar-refractivity contribution in [2.24, 2.45) is 0 Å². The van der Waals surface area contributed by atoms with Gasteiger partial charge in [-0.3, -0.25) is 0 Å². The van der Waals surface area contributed by atoms with E-state index in [-0.39, 0.29) is 0 Å². The molecule has 0 aromatic heterocycles. The number of benzene rings is 2. The average molecular weight is 383 g/mol. The maximum atomic E-state index is 10.4. The van der Waals surface area contributed by atoms with Crippen molar-refractivity contribution in [3.05, 3.63) is 57.6 Å². The van der Waals surface area contributed by atoms with Crippen LogP contribution in [0.5, 0.6) is 11.5 Å². The van der Waals surface area contributed by atoms with Gasteiger partial charge in [-0.05, 0) is 51.7 Å². The fourth-order valence-corrected chi connectivity index (χ4v) is 4.47. The Kier molecular flexibility index (Phi) is 6.63. The van der Waals surface area contributed by atoms with Crippen molar-refractivity contribution in [3.8, 4) is 11.5 Å². The Morgan fingerprint density at radius 3 is 1.50 bits per heavy atom. The normalized spacial score (nSPS) is 19.7. The van der Waals surface area contributed by atoms with Gasteiger partial charge in [0, 0.05) is 36.3 Å². The van der Waals surface area contributed by atoms with Crippen LogP contribution < -0.4 is 10.6 Å². The van der Waals surface area contributed by atoms with Gasteiger partial charge in [-0.15, -0.1) is 0 Å². The highest BCUT2D eigenvalue weighted by atomic mass is 16.3. The van der Waals surface area contributed by atoms with E-state index >= 15 is 0 Å². The molecule has 0 heterocycles. The van der Waals surface area contributed by atoms with Gasteiger partial charge in [0.2, 0.25) is 0 Å². The first-order valence-electron chi connectivity index (χ1n) is 10.4. The summed E-state index contributed by atoms with van der Waals surface area (Å²) in [5.41, 5.74) is 6.15. The van der Waals surface area contributed by atoms with E-state index in [0.717, 1.165) is 35.1 Å². The van der Waals surface area contributed by atoms with E-state index in [0.29, 0.717) is 36.7 Å². The van der Waals surface area contributed by atoms with Gasteiger partial charge in [-0.25, -0.2) is 0 Å². The third kappa shape index (κ3) is 4.86. The van der Waals surface area contributed by atoms with Gasteiger partial charge in [-0.1, -0.05) is 48.2 Å². The Morgan fingerprint density at radius 1 is 0.714 bits per heavy atom. The molecule has 3 rings (SSSR count). The number of hydrogen-bond donors (Lipinski definition) is 4. The van der Waals surface area contributed by atoms with Crippen molar-refractivity contribution in [1.82, 2.24) is 10.6 Å². The summed E-state index contributed by atoms with van der Waals surface area (Å²) in [5.74, 6) is 0.803. The second-order valence-corrected chi connectivity index (χ2v) is 8.44. The predicted octanol–water partition coefficient (Wildman–Crippen LogP) is 4.52. The lowest BCUT2D eigenvalue weighted by Gasteiger charge is -2.33. The second-order valence-electron chi connectivity index (χ2n) is 8.44. The molecule has 0 radical (unpaired) electrons. The molecule has 2 aromatic carbocycles. The van der Waals surface area contributed by atoms with Crippen LogP contribution in [0.2, 0.25) is 0 Å². The second kappa shape index (κ2) is 8.97. The Morgan fingerprint density at radius 2 is 1.11 bits per heavy atom. The zero-order valence-electron chi connectivity index (χ0n) is 17.6. The number of phenols is 2. The summed E-state index contributed by atoms with van der Waals surface area (Å²) >= 11 is 0. The molecule has 4 N–H and O–H groups in total. The van der Waals surface area contributed by atoms with E-state index in [1.54, 1.807) is 0 Å². The predicted molar refractivity (Wildman–Crippen MR) is 115 cm³/mol. The molecule has 0 saturated heterocycles. The molecule has 2 unspecified atom stereocenters. The third-order valence-electron chi connectivity index (χ3n) is 5.92. The zero-order valence-corrected chi connectivity index (χ0v) is 17.6. The fourth-order valence-electron chi connectivity index (χ4n) is 4.47. The van der Waals surface area contributed by atoms with Gasteiger partial charge in [0.25, 0.3) is 0 Å². The molecule has 152 valence electrons. The van der Waals surface area contributed by atoms with Gasteiger partial charge >= 0.3 is 0 Å². The minimum absolute atomic E-state index is 0.363. The van der Waals surface area contributed by atoms with Crippen LogP contribution in [0.15, 0.2) is 24.3 Å². The highest BCUT2D eigenvalue weighted by Gasteiger charge is 2.25. The van der Waals surface area contributed by atoms with Crippen molar-refractivity contribution in [2.75, 3.05) is 0 Å². The van der Waals surface area contributed by atoms with Crippen molar-refractivity contribution < 1.29 is 10.2 Å². The van der Waals surface area contributed by atoms with Gasteiger partial charge in [0.05, 0.1) is 0 Å². The van der Waals surface area contributed by atoms with E-state index in [9.17, 15) is 10.2 Å². The molecular weight excluding hydrogens is 348 g/mol. The van der Waals surface area contributed by atoms with E-state index in [2.05, 4.69) is 36.6 Å². The lowest BCUT2D eigenvalue weighted by molar-refractivity contribution is 0.279. The van der Waals surface area contributed by atoms with Gasteiger partial charge < -0.3 is 20.8 Å². The van der Waals surface area contributed by atoms with Gasteiger partial charge in [-0.2, -0.15) is 0 Å². The Balaban J connectivity index is 1.65. The number of rotatable bonds is 6. The molecular formula is C24H34N2O2. The summed E-state index contributed by atoms with van der Waals surface area (Å²) in [6, 6.07) is 8.88. The molecule has 28 heavy (non-hydrogen) atoms. The first-order chi connectivity index (χ1) is 13.3. The number of aromatic hydroxyl groups is 2. The van der Waals surface area contributed by atoms with Crippen molar-refractivity contribution in [1.29, 1.82) is 0 Å². The molecule has 1 aliphatic carbocycles. The van der Waals surface area contributed by atoms with E-state index in [1.807, 2.05) is 26.0 Å². The standard InChI is InChI=1S/C24H34N2O2/c1-15-9-17(3)23(27)19(11-15)13-25-21-7-5-6-8-22(21)26-14-20-12-16(2)10-18(4)24(20)28/h9-12,21-22,25-28H,5-8,13-14H2,1-4H3. The minimum Gasteiger partial charge on any atom is -0.507 e. The minimum atomic E-state index is 0.363. The van der Waals surface area contributed by atoms with Crippen molar-refractivity contribution in [3.63, 3.8) is 0 Å². The number of aryl methyl sites for hydroxylation is 4. The van der Waals surface area contributed by atoms with Crippen LogP contribution in [0, 0.1) is 27.7 Å². The summed E-state index contributed by atoms with van der Waals surface area (Å²) < 4.78 is 0. The monoisotopic (exact) mass is 382 g/mol. The molecule has 1 fully saturated rings. The van der Waals surface area contributed by atoms with Gasteiger partial charge in [0.15, 0.2) is 0 Å². The average Bonchev–Trinajstić information content (AvgIpc) is 2.65. The van der Waals surface area contributed by atoms with Crippen LogP contribution in [0.25, 0.3) is 0 Å². The molecule has 2 aromatic rings. The Bertz CT molecular complexity index is 762. The summed E-state index contributed by atoms with van der Waals surface area (Å²) in [7, 11) is 0. The number of nitrogens with one attached hydrogen (secondary N) is 2. The van der Waals surface area contributed by atoms with E-state index in [1.165, 1.54) is 24.0 Å². The van der Waals surface area contributed by atoms with Crippen molar-refractivity contribution >= 4 is 0 Å². The topological polar surface area (TPSA) is 64.5 Å². The summed E-state index contributed by atoms with van der Waals surface area (Å²) in [4.78, 5) is 0. The molecule has 1 aliphatic rings. The highest BCUT2D eigenvalue weighted by molar-refractivity contribution is 5.43. The quantitative estimate of drug-likeness (QED) is 0.593. The fraction of sp³-hybridized carbons (Fsp3) is 0.500. The maximum Gasteiger partial charge on any atom is 0.122 e. The maximum absolute atomic E-state index is 10.4. The molecule has 0 aliphatic heterocycles. The molecule has 0 bridgehead atoms. The molecule has 4 nitrogen and oxygen atoms in total. The third-order valence-corrected chi connectivity index (χ3v) is 5.92. The van der Waals surface area contributed by atoms with E-state index < -0.39 is 0 Å². The molecule has 4 heteroatoms. The Labute approximate surface area is 169 Å². The van der Waals surface area contributed by atoms with Crippen LogP contribution >= 0.6 is 0 Å². The lowest BCUT2D eigenvalue weighted by atomic mass is 9.89. The van der Waals surface area contributed by atoms with Crippen LogP contribution in [0.3, 0.4) is 0 Å². The van der Waals surface area contributed by atoms with Gasteiger partial charge in [0.1, 0.15) is 11.5 Å². The van der Waals surface area contributed by atoms with Crippen LogP contribution in [-0.4, -0.2) is 22.3 Å². The van der Waals surface area contributed by atoms with Crippen LogP contribution in [0.4, 0.5) is 0 Å². The molecule has 0 spiro atoms. The summed E-state index contributed by atoms with van der Waals surface area (Å²) in [6.07, 6.45) is 4.71. The summed E-state index contributed by atoms with van der Waals surface area (Å²) in [5, 5.41) is 28.1. The largest absolute Gasteiger partial charge is 0.507 e. The molecule has 0 amide bonds. The number of phenolic OH excluding ortho intramolecular Hbond substituents is 2. The molecule has 2 atom stereocenters. The SMILES string of the molecule is Cc1cc(C)c(O)c(CNC2CCCCC2NCc2cc(C)cc(C)c2O)c1. The van der Waals surface area contributed by atoms with E-state index in [4.69, 9.17) is 0 Å². The van der Waals surface area contributed by atoms with Crippen LogP contribution in [0.1, 0.15) is 59.1 Å². The summed E-state index contributed by atoms with van der Waals surface area (Å²) in [6.45, 7) is 9.38.